The van der Waals surface area contributed by atoms with Crippen LogP contribution in [-0.2, 0) is 9.59 Å². The van der Waals surface area contributed by atoms with Gasteiger partial charge in [-0.2, -0.15) is 0 Å². The van der Waals surface area contributed by atoms with Gasteiger partial charge in [-0.25, -0.2) is 0 Å². The van der Waals surface area contributed by atoms with Gasteiger partial charge >= 0.3 is 0 Å². The number of hydrogen-bond acceptors (Lipinski definition) is 2. The topological polar surface area (TPSA) is 34.1 Å². The van der Waals surface area contributed by atoms with Gasteiger partial charge in [0.15, 0.2) is 11.6 Å². The first-order valence-electron chi connectivity index (χ1n) is 3.30. The van der Waals surface area contributed by atoms with Crippen molar-refractivity contribution < 1.29 is 9.59 Å². The van der Waals surface area contributed by atoms with Gasteiger partial charge in [-0.05, 0) is 13.8 Å². The molecule has 0 amide bonds. The lowest BCUT2D eigenvalue weighted by Crippen LogP contribution is -2.31. The Kier molecular flexibility index (Phi) is 2.93. The number of carbonyl (C=O) groups is 2. The fourth-order valence-corrected chi connectivity index (χ4v) is 0.906. The molecule has 0 aliphatic rings. The molecular formula is C9H12O2. The Morgan fingerprint density at radius 2 is 1.36 bits per heavy atom. The molecule has 11 heavy (non-hydrogen) atoms. The molecule has 0 atom stereocenters. The third kappa shape index (κ3) is 1.45. The third-order valence-electron chi connectivity index (χ3n) is 1.81. The van der Waals surface area contributed by atoms with E-state index in [-0.39, 0.29) is 11.6 Å². The van der Waals surface area contributed by atoms with Crippen LogP contribution >= 0.6 is 0 Å². The van der Waals surface area contributed by atoms with Crippen molar-refractivity contribution in [2.75, 3.05) is 0 Å². The largest absolute Gasteiger partial charge is 0.298 e. The number of rotatable bonds is 4. The average molecular weight is 152 g/mol. The number of ketones is 2. The van der Waals surface area contributed by atoms with E-state index in [4.69, 9.17) is 0 Å². The van der Waals surface area contributed by atoms with Crippen molar-refractivity contribution in [2.45, 2.75) is 13.8 Å². The Morgan fingerprint density at radius 1 is 1.09 bits per heavy atom. The van der Waals surface area contributed by atoms with Crippen molar-refractivity contribution in [3.8, 4) is 0 Å². The summed E-state index contributed by atoms with van der Waals surface area (Å²) in [5.41, 5.74) is -1.17. The second kappa shape index (κ2) is 3.28. The summed E-state index contributed by atoms with van der Waals surface area (Å²) < 4.78 is 0. The van der Waals surface area contributed by atoms with Crippen LogP contribution in [0, 0.1) is 5.41 Å². The van der Waals surface area contributed by atoms with Crippen LogP contribution in [0.3, 0.4) is 0 Å². The second-order valence-electron chi connectivity index (χ2n) is 2.39. The monoisotopic (exact) mass is 152 g/mol. The van der Waals surface area contributed by atoms with Crippen molar-refractivity contribution in [3.63, 3.8) is 0 Å². The molecule has 2 nitrogen and oxygen atoms in total. The summed E-state index contributed by atoms with van der Waals surface area (Å²) in [5.74, 6) is -0.481. The van der Waals surface area contributed by atoms with Gasteiger partial charge in [-0.15, -0.1) is 13.2 Å². The molecular weight excluding hydrogens is 140 g/mol. The van der Waals surface area contributed by atoms with Crippen LogP contribution in [0.4, 0.5) is 0 Å². The van der Waals surface area contributed by atoms with Crippen LogP contribution in [-0.4, -0.2) is 11.6 Å². The minimum absolute atomic E-state index is 0.241. The normalized spacial score (nSPS) is 10.4. The third-order valence-corrected chi connectivity index (χ3v) is 1.81. The highest BCUT2D eigenvalue weighted by Crippen LogP contribution is 2.22. The molecule has 0 spiro atoms. The van der Waals surface area contributed by atoms with Crippen LogP contribution in [0.25, 0.3) is 0 Å². The van der Waals surface area contributed by atoms with Gasteiger partial charge in [0, 0.05) is 0 Å². The van der Waals surface area contributed by atoms with Crippen LogP contribution in [0.1, 0.15) is 13.8 Å². The Morgan fingerprint density at radius 3 is 1.36 bits per heavy atom. The highest BCUT2D eigenvalue weighted by Gasteiger charge is 2.33. The zero-order chi connectivity index (χ0) is 9.07. The Hall–Kier alpha value is -1.18. The predicted octanol–water partition coefficient (Wildman–Crippen LogP) is 1.52. The molecule has 0 N–H and O–H groups in total. The van der Waals surface area contributed by atoms with E-state index in [2.05, 4.69) is 13.2 Å². The molecule has 0 saturated carbocycles. The molecule has 0 aromatic carbocycles. The lowest BCUT2D eigenvalue weighted by Gasteiger charge is -2.18. The molecule has 2 heteroatoms. The fraction of sp³-hybridized carbons (Fsp3) is 0.333. The summed E-state index contributed by atoms with van der Waals surface area (Å²) in [7, 11) is 0. The summed E-state index contributed by atoms with van der Waals surface area (Å²) >= 11 is 0. The van der Waals surface area contributed by atoms with Crippen molar-refractivity contribution in [3.05, 3.63) is 25.3 Å². The number of Topliss-reactive ketones (excluding diaryl/α,β-unsaturated/α-hetero) is 2. The first kappa shape index (κ1) is 9.82. The first-order valence-corrected chi connectivity index (χ1v) is 3.30. The van der Waals surface area contributed by atoms with Crippen molar-refractivity contribution >= 4 is 11.6 Å². The van der Waals surface area contributed by atoms with Gasteiger partial charge in [0.05, 0.1) is 0 Å². The lowest BCUT2D eigenvalue weighted by atomic mass is 9.81. The summed E-state index contributed by atoms with van der Waals surface area (Å²) in [4.78, 5) is 22.0. The molecule has 0 unspecified atom stereocenters. The highest BCUT2D eigenvalue weighted by atomic mass is 16.2. The molecule has 0 radical (unpaired) electrons. The summed E-state index contributed by atoms with van der Waals surface area (Å²) in [6.45, 7) is 9.57. The van der Waals surface area contributed by atoms with Gasteiger partial charge in [-0.3, -0.25) is 9.59 Å². The molecule has 0 aliphatic heterocycles. The molecule has 0 aromatic heterocycles. The van der Waals surface area contributed by atoms with Gasteiger partial charge in [0.1, 0.15) is 5.41 Å². The zero-order valence-electron chi connectivity index (χ0n) is 6.89. The van der Waals surface area contributed by atoms with Crippen molar-refractivity contribution in [1.29, 1.82) is 0 Å². The van der Waals surface area contributed by atoms with Gasteiger partial charge in [0.25, 0.3) is 0 Å². The van der Waals surface area contributed by atoms with Crippen molar-refractivity contribution in [2.24, 2.45) is 5.41 Å². The first-order chi connectivity index (χ1) is 5.01. The summed E-state index contributed by atoms with van der Waals surface area (Å²) in [5, 5.41) is 0. The zero-order valence-corrected chi connectivity index (χ0v) is 6.89. The van der Waals surface area contributed by atoms with E-state index in [1.807, 2.05) is 0 Å². The summed E-state index contributed by atoms with van der Waals surface area (Å²) in [6, 6.07) is 0. The number of carbonyl (C=O) groups excluding carboxylic acids is 2. The van der Waals surface area contributed by atoms with E-state index in [9.17, 15) is 9.59 Å². The maximum absolute atomic E-state index is 11.0. The van der Waals surface area contributed by atoms with E-state index in [1.54, 1.807) is 0 Å². The highest BCUT2D eigenvalue weighted by molar-refractivity contribution is 6.08. The molecule has 0 heterocycles. The lowest BCUT2D eigenvalue weighted by molar-refractivity contribution is -0.132. The molecule has 0 aromatic rings. The molecule has 0 rings (SSSR count). The minimum Gasteiger partial charge on any atom is -0.298 e. The van der Waals surface area contributed by atoms with E-state index in [1.165, 1.54) is 26.0 Å². The molecule has 0 aliphatic carbocycles. The van der Waals surface area contributed by atoms with Gasteiger partial charge in [0.2, 0.25) is 0 Å². The van der Waals surface area contributed by atoms with E-state index in [0.717, 1.165) is 0 Å². The van der Waals surface area contributed by atoms with Crippen LogP contribution in [0.5, 0.6) is 0 Å². The molecule has 0 bridgehead atoms. The second-order valence-corrected chi connectivity index (χ2v) is 2.39. The summed E-state index contributed by atoms with van der Waals surface area (Å²) in [6.07, 6.45) is 2.65. The van der Waals surface area contributed by atoms with Gasteiger partial charge in [-0.1, -0.05) is 12.2 Å². The minimum atomic E-state index is -1.17. The Labute approximate surface area is 66.6 Å². The maximum Gasteiger partial charge on any atom is 0.150 e. The average Bonchev–Trinajstić information content (AvgIpc) is 1.90. The van der Waals surface area contributed by atoms with E-state index < -0.39 is 5.41 Å². The predicted molar refractivity (Wildman–Crippen MR) is 44.2 cm³/mol. The number of hydrogen-bond donors (Lipinski definition) is 0. The maximum atomic E-state index is 11.0. The van der Waals surface area contributed by atoms with E-state index >= 15 is 0 Å². The van der Waals surface area contributed by atoms with E-state index in [0.29, 0.717) is 0 Å². The van der Waals surface area contributed by atoms with Crippen LogP contribution < -0.4 is 0 Å². The quantitative estimate of drug-likeness (QED) is 0.452. The smallest absolute Gasteiger partial charge is 0.150 e. The number of allylic oxidation sites excluding steroid dienone is 2. The molecule has 0 fully saturated rings. The fourth-order valence-electron chi connectivity index (χ4n) is 0.906. The van der Waals surface area contributed by atoms with Crippen molar-refractivity contribution in [1.82, 2.24) is 0 Å². The SMILES string of the molecule is C=CC(C=C)(C(C)=O)C(C)=O. The van der Waals surface area contributed by atoms with Crippen LogP contribution in [0.15, 0.2) is 25.3 Å². The van der Waals surface area contributed by atoms with Crippen LogP contribution in [0.2, 0.25) is 0 Å². The Balaban J connectivity index is 5.07. The standard InChI is InChI=1S/C9H12O2/c1-5-9(6-2,7(3)10)8(4)11/h5-6H,1-2H2,3-4H3. The Bertz CT molecular complexity index is 190. The molecule has 0 saturated heterocycles. The molecule has 60 valence electrons. The van der Waals surface area contributed by atoms with Gasteiger partial charge < -0.3 is 0 Å².